The lowest BCUT2D eigenvalue weighted by Crippen LogP contribution is -2.52. The minimum atomic E-state index is -4.73. The standard InChI is InChI=1S/C20H18F3N3O2/c21-20(22,23)17-11-18(27)24-14-6-2-4-8-16(14)26(17)19(28)12-25-10-9-13-5-1-3-7-15(13)25/h1-8,17H,9-12H2,(H,24,27). The molecule has 0 saturated carbocycles. The number of fused-ring (bicyclic) bond motifs is 2. The summed E-state index contributed by atoms with van der Waals surface area (Å²) in [5.41, 5.74) is 2.19. The number of rotatable bonds is 2. The Hall–Kier alpha value is -3.03. The third-order valence-electron chi connectivity index (χ3n) is 5.08. The van der Waals surface area contributed by atoms with Gasteiger partial charge in [0.15, 0.2) is 0 Å². The van der Waals surface area contributed by atoms with Gasteiger partial charge < -0.3 is 10.2 Å². The molecule has 0 aromatic heterocycles. The summed E-state index contributed by atoms with van der Waals surface area (Å²) in [6.45, 7) is 0.376. The number of amides is 2. The molecule has 0 fully saturated rings. The molecule has 5 nitrogen and oxygen atoms in total. The van der Waals surface area contributed by atoms with E-state index in [-0.39, 0.29) is 17.9 Å². The second-order valence-electron chi connectivity index (χ2n) is 6.89. The zero-order chi connectivity index (χ0) is 19.9. The Kier molecular flexibility index (Phi) is 4.49. The first-order valence-corrected chi connectivity index (χ1v) is 8.95. The van der Waals surface area contributed by atoms with Gasteiger partial charge in [0.25, 0.3) is 0 Å². The fourth-order valence-corrected chi connectivity index (χ4v) is 3.81. The molecule has 8 heteroatoms. The minimum absolute atomic E-state index is 0.0631. The summed E-state index contributed by atoms with van der Waals surface area (Å²) in [6, 6.07) is 11.4. The molecular formula is C20H18F3N3O2. The molecule has 1 atom stereocenters. The van der Waals surface area contributed by atoms with Gasteiger partial charge in [0.05, 0.1) is 24.3 Å². The Morgan fingerprint density at radius 3 is 2.50 bits per heavy atom. The number of hydrogen-bond donors (Lipinski definition) is 1. The van der Waals surface area contributed by atoms with Crippen LogP contribution >= 0.6 is 0 Å². The second-order valence-corrected chi connectivity index (χ2v) is 6.89. The first-order valence-electron chi connectivity index (χ1n) is 8.95. The highest BCUT2D eigenvalue weighted by Crippen LogP contribution is 2.38. The lowest BCUT2D eigenvalue weighted by Gasteiger charge is -2.33. The molecule has 0 saturated heterocycles. The smallest absolute Gasteiger partial charge is 0.362 e. The molecule has 2 aliphatic heterocycles. The fraction of sp³-hybridized carbons (Fsp3) is 0.300. The third kappa shape index (κ3) is 3.30. The van der Waals surface area contributed by atoms with Gasteiger partial charge in [-0.3, -0.25) is 14.5 Å². The van der Waals surface area contributed by atoms with Gasteiger partial charge in [-0.15, -0.1) is 0 Å². The quantitative estimate of drug-likeness (QED) is 0.857. The van der Waals surface area contributed by atoms with Crippen molar-refractivity contribution in [3.8, 4) is 0 Å². The molecular weight excluding hydrogens is 371 g/mol. The van der Waals surface area contributed by atoms with Crippen LogP contribution < -0.4 is 15.1 Å². The Labute approximate surface area is 159 Å². The van der Waals surface area contributed by atoms with E-state index in [2.05, 4.69) is 5.32 Å². The van der Waals surface area contributed by atoms with E-state index in [1.165, 1.54) is 12.1 Å². The highest BCUT2D eigenvalue weighted by molar-refractivity contribution is 6.06. The Morgan fingerprint density at radius 1 is 1.07 bits per heavy atom. The number of benzene rings is 2. The van der Waals surface area contributed by atoms with E-state index in [0.717, 1.165) is 22.6 Å². The van der Waals surface area contributed by atoms with E-state index >= 15 is 0 Å². The normalized spacial score (nSPS) is 19.0. The van der Waals surface area contributed by atoms with Crippen LogP contribution in [0, 0.1) is 0 Å². The van der Waals surface area contributed by atoms with Crippen molar-refractivity contribution >= 4 is 28.9 Å². The molecule has 2 heterocycles. The number of nitrogens with zero attached hydrogens (tertiary/aromatic N) is 2. The highest BCUT2D eigenvalue weighted by atomic mass is 19.4. The maximum absolute atomic E-state index is 13.8. The molecule has 0 bridgehead atoms. The van der Waals surface area contributed by atoms with Gasteiger partial charge in [0.2, 0.25) is 11.8 Å². The minimum Gasteiger partial charge on any atom is -0.362 e. The van der Waals surface area contributed by atoms with Crippen LogP contribution in [-0.2, 0) is 16.0 Å². The van der Waals surface area contributed by atoms with Crippen LogP contribution in [0.25, 0.3) is 0 Å². The van der Waals surface area contributed by atoms with Crippen LogP contribution in [0.3, 0.4) is 0 Å². The van der Waals surface area contributed by atoms with Gasteiger partial charge in [-0.2, -0.15) is 13.2 Å². The number of anilines is 3. The van der Waals surface area contributed by atoms with Crippen LogP contribution in [0.1, 0.15) is 12.0 Å². The van der Waals surface area contributed by atoms with Gasteiger partial charge in [0, 0.05) is 12.2 Å². The number of para-hydroxylation sites is 3. The molecule has 1 unspecified atom stereocenters. The molecule has 28 heavy (non-hydrogen) atoms. The topological polar surface area (TPSA) is 52.7 Å². The molecule has 2 aromatic carbocycles. The first-order chi connectivity index (χ1) is 13.3. The average Bonchev–Trinajstić information content (AvgIpc) is 2.97. The number of hydrogen-bond acceptors (Lipinski definition) is 3. The zero-order valence-electron chi connectivity index (χ0n) is 14.9. The predicted molar refractivity (Wildman–Crippen MR) is 99.4 cm³/mol. The van der Waals surface area contributed by atoms with Crippen LogP contribution in [0.2, 0.25) is 0 Å². The van der Waals surface area contributed by atoms with Crippen LogP contribution in [0.15, 0.2) is 48.5 Å². The van der Waals surface area contributed by atoms with Crippen molar-refractivity contribution < 1.29 is 22.8 Å². The molecule has 2 aliphatic rings. The van der Waals surface area contributed by atoms with Crippen molar-refractivity contribution in [3.05, 3.63) is 54.1 Å². The van der Waals surface area contributed by atoms with Gasteiger partial charge in [0.1, 0.15) is 6.04 Å². The molecule has 0 radical (unpaired) electrons. The summed E-state index contributed by atoms with van der Waals surface area (Å²) in [4.78, 5) is 27.6. The van der Waals surface area contributed by atoms with Crippen molar-refractivity contribution in [1.29, 1.82) is 0 Å². The largest absolute Gasteiger partial charge is 0.409 e. The molecule has 0 spiro atoms. The monoisotopic (exact) mass is 389 g/mol. The Balaban J connectivity index is 1.70. The summed E-state index contributed by atoms with van der Waals surface area (Å²) in [7, 11) is 0. The molecule has 4 rings (SSSR count). The summed E-state index contributed by atoms with van der Waals surface area (Å²) < 4.78 is 41.3. The highest BCUT2D eigenvalue weighted by Gasteiger charge is 2.49. The SMILES string of the molecule is O=C1CC(C(F)(F)F)N(C(=O)CN2CCc3ccccc32)c2ccccc2N1. The van der Waals surface area contributed by atoms with Crippen LogP contribution in [-0.4, -0.2) is 37.1 Å². The van der Waals surface area contributed by atoms with Crippen molar-refractivity contribution in [2.45, 2.75) is 25.1 Å². The molecule has 2 amide bonds. The van der Waals surface area contributed by atoms with Gasteiger partial charge in [-0.05, 0) is 30.2 Å². The third-order valence-corrected chi connectivity index (χ3v) is 5.08. The number of nitrogens with one attached hydrogen (secondary N) is 1. The average molecular weight is 389 g/mol. The number of halogens is 3. The van der Waals surface area contributed by atoms with E-state index in [9.17, 15) is 22.8 Å². The van der Waals surface area contributed by atoms with Gasteiger partial charge >= 0.3 is 6.18 Å². The summed E-state index contributed by atoms with van der Waals surface area (Å²) in [5.74, 6) is -1.46. The zero-order valence-corrected chi connectivity index (χ0v) is 14.9. The maximum atomic E-state index is 13.8. The Morgan fingerprint density at radius 2 is 1.75 bits per heavy atom. The van der Waals surface area contributed by atoms with Crippen molar-refractivity contribution in [3.63, 3.8) is 0 Å². The molecule has 1 N–H and O–H groups in total. The van der Waals surface area contributed by atoms with E-state index < -0.39 is 30.5 Å². The molecule has 0 aliphatic carbocycles. The summed E-state index contributed by atoms with van der Waals surface area (Å²) >= 11 is 0. The summed E-state index contributed by atoms with van der Waals surface area (Å²) in [6.07, 6.45) is -4.82. The summed E-state index contributed by atoms with van der Waals surface area (Å²) in [5, 5.41) is 2.47. The van der Waals surface area contributed by atoms with E-state index in [4.69, 9.17) is 0 Å². The number of carbonyl (C=O) groups is 2. The van der Waals surface area contributed by atoms with Crippen LogP contribution in [0.5, 0.6) is 0 Å². The van der Waals surface area contributed by atoms with Gasteiger partial charge in [-0.1, -0.05) is 30.3 Å². The van der Waals surface area contributed by atoms with Crippen molar-refractivity contribution in [2.75, 3.05) is 28.2 Å². The molecule has 2 aromatic rings. The number of carbonyl (C=O) groups excluding carboxylic acids is 2. The van der Waals surface area contributed by atoms with Gasteiger partial charge in [-0.25, -0.2) is 0 Å². The predicted octanol–water partition coefficient (Wildman–Crippen LogP) is 3.36. The van der Waals surface area contributed by atoms with Crippen LogP contribution in [0.4, 0.5) is 30.2 Å². The lowest BCUT2D eigenvalue weighted by atomic mass is 10.1. The van der Waals surface area contributed by atoms with Crippen molar-refractivity contribution in [1.82, 2.24) is 0 Å². The maximum Gasteiger partial charge on any atom is 0.409 e. The number of alkyl halides is 3. The lowest BCUT2D eigenvalue weighted by molar-refractivity contribution is -0.157. The van der Waals surface area contributed by atoms with E-state index in [0.29, 0.717) is 6.54 Å². The molecule has 146 valence electrons. The first kappa shape index (κ1) is 18.3. The fourth-order valence-electron chi connectivity index (χ4n) is 3.81. The van der Waals surface area contributed by atoms with E-state index in [1.807, 2.05) is 24.3 Å². The second kappa shape index (κ2) is 6.85. The van der Waals surface area contributed by atoms with E-state index in [1.54, 1.807) is 17.0 Å². The van der Waals surface area contributed by atoms with Crippen molar-refractivity contribution in [2.24, 2.45) is 0 Å². The Bertz CT molecular complexity index is 929.